The molecule has 0 saturated heterocycles. The van der Waals surface area contributed by atoms with Crippen LogP contribution in [-0.2, 0) is 5.41 Å². The maximum atomic E-state index is 15.0. The number of para-hydroxylation sites is 1. The van der Waals surface area contributed by atoms with Crippen LogP contribution >= 0.6 is 0 Å². The summed E-state index contributed by atoms with van der Waals surface area (Å²) < 4.78 is 47.4. The van der Waals surface area contributed by atoms with Crippen LogP contribution in [0.3, 0.4) is 0 Å². The first-order chi connectivity index (χ1) is 16.3. The number of imidazole rings is 1. The van der Waals surface area contributed by atoms with E-state index < -0.39 is 24.2 Å². The number of nitriles is 1. The molecule has 0 N–H and O–H groups in total. The van der Waals surface area contributed by atoms with Crippen molar-refractivity contribution < 1.29 is 17.9 Å². The summed E-state index contributed by atoms with van der Waals surface area (Å²) in [5.74, 6) is 0.300. The maximum Gasteiger partial charge on any atom is 0.387 e. The van der Waals surface area contributed by atoms with Gasteiger partial charge in [0.2, 0.25) is 0 Å². The molecule has 5 nitrogen and oxygen atoms in total. The molecule has 0 saturated carbocycles. The Labute approximate surface area is 194 Å². The first kappa shape index (κ1) is 22.0. The minimum Gasteiger partial charge on any atom is -0.434 e. The van der Waals surface area contributed by atoms with Gasteiger partial charge in [0, 0.05) is 23.7 Å². The van der Waals surface area contributed by atoms with Crippen LogP contribution in [0.4, 0.5) is 13.2 Å². The molecule has 34 heavy (non-hydrogen) atoms. The van der Waals surface area contributed by atoms with E-state index in [1.165, 1.54) is 6.07 Å². The molecule has 0 radical (unpaired) electrons. The van der Waals surface area contributed by atoms with E-state index in [4.69, 9.17) is 4.74 Å². The first-order valence-corrected chi connectivity index (χ1v) is 10.9. The van der Waals surface area contributed by atoms with Crippen molar-refractivity contribution in [3.05, 3.63) is 77.9 Å². The molecule has 2 aromatic carbocycles. The Kier molecular flexibility index (Phi) is 5.28. The van der Waals surface area contributed by atoms with Crippen molar-refractivity contribution in [2.45, 2.75) is 44.5 Å². The molecule has 0 fully saturated rings. The highest BCUT2D eigenvalue weighted by molar-refractivity contribution is 5.83. The second-order valence-electron chi connectivity index (χ2n) is 8.85. The Bertz CT molecular complexity index is 1410. The van der Waals surface area contributed by atoms with Gasteiger partial charge in [-0.3, -0.25) is 4.98 Å². The summed E-state index contributed by atoms with van der Waals surface area (Å²) in [4.78, 5) is 8.94. The van der Waals surface area contributed by atoms with Crippen LogP contribution in [0.2, 0.25) is 0 Å². The van der Waals surface area contributed by atoms with Gasteiger partial charge in [-0.25, -0.2) is 9.37 Å². The minimum atomic E-state index is -2.98. The summed E-state index contributed by atoms with van der Waals surface area (Å²) in [7, 11) is 0. The number of nitrogens with zero attached hydrogens (tertiary/aromatic N) is 4. The lowest BCUT2D eigenvalue weighted by molar-refractivity contribution is -0.0507. The Balaban J connectivity index is 1.59. The number of aromatic nitrogens is 3. The van der Waals surface area contributed by atoms with Crippen molar-refractivity contribution in [3.63, 3.8) is 0 Å². The van der Waals surface area contributed by atoms with Crippen molar-refractivity contribution in [1.82, 2.24) is 14.5 Å². The summed E-state index contributed by atoms with van der Waals surface area (Å²) >= 11 is 0. The Morgan fingerprint density at radius 3 is 2.59 bits per heavy atom. The molecule has 0 bridgehead atoms. The van der Waals surface area contributed by atoms with Gasteiger partial charge in [-0.05, 0) is 43.7 Å². The van der Waals surface area contributed by atoms with Crippen LogP contribution in [0, 0.1) is 11.3 Å². The number of hydrogen-bond donors (Lipinski definition) is 0. The van der Waals surface area contributed by atoms with Crippen molar-refractivity contribution >= 4 is 11.0 Å². The van der Waals surface area contributed by atoms with Gasteiger partial charge in [0.25, 0.3) is 0 Å². The predicted octanol–water partition coefficient (Wildman–Crippen LogP) is 6.50. The highest BCUT2D eigenvalue weighted by Gasteiger charge is 2.36. The Morgan fingerprint density at radius 1 is 1.12 bits per heavy atom. The second-order valence-corrected chi connectivity index (χ2v) is 8.85. The molecule has 2 atom stereocenters. The van der Waals surface area contributed by atoms with Crippen LogP contribution in [0.25, 0.3) is 22.2 Å². The third-order valence-electron chi connectivity index (χ3n) is 6.25. The summed E-state index contributed by atoms with van der Waals surface area (Å²) in [6, 6.07) is 17.5. The second kappa shape index (κ2) is 8.17. The van der Waals surface area contributed by atoms with Gasteiger partial charge in [0.15, 0.2) is 6.17 Å². The van der Waals surface area contributed by atoms with Crippen molar-refractivity contribution in [2.24, 2.45) is 0 Å². The summed E-state index contributed by atoms with van der Waals surface area (Å²) in [5.41, 5.74) is 3.45. The molecule has 4 aromatic rings. The van der Waals surface area contributed by atoms with Gasteiger partial charge in [-0.15, -0.1) is 0 Å². The Hall–Kier alpha value is -3.86. The minimum absolute atomic E-state index is 0.0282. The molecular weight excluding hydrogens is 441 g/mol. The van der Waals surface area contributed by atoms with E-state index in [1.807, 2.05) is 30.3 Å². The normalized spacial score (nSPS) is 17.7. The molecule has 2 aromatic heterocycles. The van der Waals surface area contributed by atoms with E-state index in [1.54, 1.807) is 42.8 Å². The lowest BCUT2D eigenvalue weighted by Gasteiger charge is -2.19. The summed E-state index contributed by atoms with van der Waals surface area (Å²) in [5, 5.41) is 9.35. The highest BCUT2D eigenvalue weighted by Crippen LogP contribution is 2.46. The fraction of sp³-hybridized carbons (Fsp3) is 0.269. The number of pyridine rings is 1. The number of halogens is 3. The van der Waals surface area contributed by atoms with Gasteiger partial charge < -0.3 is 9.30 Å². The average molecular weight is 462 g/mol. The van der Waals surface area contributed by atoms with Crippen molar-refractivity contribution in [1.29, 1.82) is 5.26 Å². The molecule has 1 aliphatic heterocycles. The zero-order valence-electron chi connectivity index (χ0n) is 18.5. The number of alkyl halides is 3. The Morgan fingerprint density at radius 2 is 1.88 bits per heavy atom. The van der Waals surface area contributed by atoms with Crippen LogP contribution in [0.1, 0.15) is 49.6 Å². The van der Waals surface area contributed by atoms with Crippen LogP contribution in [0.15, 0.2) is 60.8 Å². The van der Waals surface area contributed by atoms with E-state index in [0.29, 0.717) is 22.3 Å². The molecule has 172 valence electrons. The van der Waals surface area contributed by atoms with Crippen molar-refractivity contribution in [3.8, 4) is 22.9 Å². The topological polar surface area (TPSA) is 63.7 Å². The predicted molar refractivity (Wildman–Crippen MR) is 121 cm³/mol. The quantitative estimate of drug-likeness (QED) is 0.339. The smallest absolute Gasteiger partial charge is 0.387 e. The zero-order chi connectivity index (χ0) is 24.0. The number of hydrogen-bond acceptors (Lipinski definition) is 4. The lowest BCUT2D eigenvalue weighted by Crippen LogP contribution is -2.15. The van der Waals surface area contributed by atoms with Gasteiger partial charge in [0.05, 0.1) is 34.3 Å². The van der Waals surface area contributed by atoms with Gasteiger partial charge >= 0.3 is 6.61 Å². The number of rotatable bonds is 5. The zero-order valence-corrected chi connectivity index (χ0v) is 18.5. The molecule has 0 unspecified atom stereocenters. The number of ether oxygens (including phenoxy) is 1. The van der Waals surface area contributed by atoms with Crippen LogP contribution in [-0.4, -0.2) is 21.1 Å². The molecule has 0 aliphatic carbocycles. The van der Waals surface area contributed by atoms with E-state index in [0.717, 1.165) is 11.1 Å². The molecule has 8 heteroatoms. The van der Waals surface area contributed by atoms with Crippen LogP contribution in [0.5, 0.6) is 5.75 Å². The first-order valence-electron chi connectivity index (χ1n) is 10.9. The highest BCUT2D eigenvalue weighted by atomic mass is 19.3. The number of fused-ring (bicyclic) bond motifs is 3. The van der Waals surface area contributed by atoms with E-state index >= 15 is 0 Å². The molecule has 3 heterocycles. The SMILES string of the molecule is CC(C)(C#N)c1ccc(-c2ccc3nc4n(c3c2)[C@@H](c2ccccc2OC(F)F)C[C@H]4F)cn1. The summed E-state index contributed by atoms with van der Waals surface area (Å²) in [6.07, 6.45) is 0.471. The van der Waals surface area contributed by atoms with Crippen LogP contribution < -0.4 is 4.74 Å². The molecule has 0 amide bonds. The fourth-order valence-corrected chi connectivity index (χ4v) is 4.46. The largest absolute Gasteiger partial charge is 0.434 e. The molecular formula is C26H21F3N4O. The third kappa shape index (κ3) is 3.67. The lowest BCUT2D eigenvalue weighted by atomic mass is 9.90. The number of benzene rings is 2. The molecule has 1 aliphatic rings. The van der Waals surface area contributed by atoms with Crippen molar-refractivity contribution in [2.75, 3.05) is 0 Å². The third-order valence-corrected chi connectivity index (χ3v) is 6.25. The van der Waals surface area contributed by atoms with Gasteiger partial charge in [-0.2, -0.15) is 14.0 Å². The average Bonchev–Trinajstić information content (AvgIpc) is 3.36. The monoisotopic (exact) mass is 462 g/mol. The maximum absolute atomic E-state index is 15.0. The fourth-order valence-electron chi connectivity index (χ4n) is 4.46. The van der Waals surface area contributed by atoms with E-state index in [9.17, 15) is 18.4 Å². The van der Waals surface area contributed by atoms with Gasteiger partial charge in [-0.1, -0.05) is 30.3 Å². The van der Waals surface area contributed by atoms with E-state index in [2.05, 4.69) is 16.0 Å². The molecule has 5 rings (SSSR count). The molecule has 0 spiro atoms. The standard InChI is InChI=1S/C26H21F3N4O/c1-26(2,14-30)23-10-8-16(13-31-23)15-7-9-19-21(11-15)33-20(12-18(27)24(33)32-19)17-5-3-4-6-22(17)34-25(28)29/h3-11,13,18,20,25H,12H2,1-2H3/t18-,20-/m1/s1. The van der Waals surface area contributed by atoms with E-state index in [-0.39, 0.29) is 18.0 Å². The summed E-state index contributed by atoms with van der Waals surface area (Å²) in [6.45, 7) is 0.635. The van der Waals surface area contributed by atoms with Gasteiger partial charge in [0.1, 0.15) is 11.6 Å².